The number of hydrogen-bond acceptors (Lipinski definition) is 4. The Morgan fingerprint density at radius 2 is 2.05 bits per heavy atom. The molecule has 4 nitrogen and oxygen atoms in total. The van der Waals surface area contributed by atoms with Crippen molar-refractivity contribution < 1.29 is 8.42 Å². The summed E-state index contributed by atoms with van der Waals surface area (Å²) in [6.07, 6.45) is 3.44. The van der Waals surface area contributed by atoms with Crippen molar-refractivity contribution in [1.29, 1.82) is 0 Å². The maximum atomic E-state index is 12.6. The highest BCUT2D eigenvalue weighted by Crippen LogP contribution is 2.29. The van der Waals surface area contributed by atoms with Crippen LogP contribution in [0, 0.1) is 0 Å². The first-order valence-electron chi connectivity index (χ1n) is 6.99. The smallest absolute Gasteiger partial charge is 0.252 e. The third-order valence-electron chi connectivity index (χ3n) is 4.16. The Kier molecular flexibility index (Phi) is 4.38. The molecular formula is C13H19ClN2O2S2. The molecule has 0 aliphatic carbocycles. The van der Waals surface area contributed by atoms with E-state index in [2.05, 4.69) is 4.90 Å². The van der Waals surface area contributed by atoms with Gasteiger partial charge < -0.3 is 0 Å². The van der Waals surface area contributed by atoms with Gasteiger partial charge >= 0.3 is 0 Å². The van der Waals surface area contributed by atoms with E-state index in [9.17, 15) is 8.42 Å². The highest BCUT2D eigenvalue weighted by atomic mass is 35.5. The van der Waals surface area contributed by atoms with E-state index in [0.29, 0.717) is 29.2 Å². The molecule has 0 bridgehead atoms. The zero-order valence-corrected chi connectivity index (χ0v) is 13.7. The maximum Gasteiger partial charge on any atom is 0.252 e. The molecule has 0 spiro atoms. The summed E-state index contributed by atoms with van der Waals surface area (Å²) in [5.74, 6) is 0.364. The summed E-state index contributed by atoms with van der Waals surface area (Å²) in [6.45, 7) is 3.51. The standard InChI is InChI=1S/C13H19ClN2O2S2/c14-8-11-7-13(19-10-11)20(17,18)16-6-3-12(9-16)15-4-1-2-5-15/h7,10,12H,1-6,8-9H2. The molecule has 0 saturated carbocycles. The van der Waals surface area contributed by atoms with Crippen LogP contribution in [-0.4, -0.2) is 49.8 Å². The Balaban J connectivity index is 1.72. The molecule has 0 aromatic carbocycles. The summed E-state index contributed by atoms with van der Waals surface area (Å²) in [5, 5.41) is 1.83. The summed E-state index contributed by atoms with van der Waals surface area (Å²) in [7, 11) is -3.32. The number of likely N-dealkylation sites (tertiary alicyclic amines) is 1. The molecule has 2 aliphatic heterocycles. The molecule has 2 saturated heterocycles. The van der Waals surface area contributed by atoms with Gasteiger partial charge in [0.1, 0.15) is 4.21 Å². The summed E-state index contributed by atoms with van der Waals surface area (Å²) >= 11 is 7.02. The zero-order chi connectivity index (χ0) is 14.2. The van der Waals surface area contributed by atoms with Crippen LogP contribution in [0.25, 0.3) is 0 Å². The van der Waals surface area contributed by atoms with Gasteiger partial charge in [-0.05, 0) is 49.4 Å². The number of alkyl halides is 1. The van der Waals surface area contributed by atoms with Gasteiger partial charge in [0.05, 0.1) is 0 Å². The highest BCUT2D eigenvalue weighted by Gasteiger charge is 2.36. The van der Waals surface area contributed by atoms with Gasteiger partial charge in [0.2, 0.25) is 0 Å². The Labute approximate surface area is 129 Å². The van der Waals surface area contributed by atoms with Crippen LogP contribution in [0.2, 0.25) is 0 Å². The molecular weight excluding hydrogens is 316 g/mol. The lowest BCUT2D eigenvalue weighted by atomic mass is 10.2. The van der Waals surface area contributed by atoms with Crippen LogP contribution < -0.4 is 0 Å². The van der Waals surface area contributed by atoms with Crippen LogP contribution in [0.5, 0.6) is 0 Å². The first-order valence-corrected chi connectivity index (χ1v) is 9.84. The van der Waals surface area contributed by atoms with Gasteiger partial charge in [0.15, 0.2) is 0 Å². The average Bonchev–Trinajstić information content (AvgIpc) is 3.18. The van der Waals surface area contributed by atoms with Crippen molar-refractivity contribution in [2.24, 2.45) is 0 Å². The average molecular weight is 335 g/mol. The van der Waals surface area contributed by atoms with Crippen LogP contribution in [0.1, 0.15) is 24.8 Å². The van der Waals surface area contributed by atoms with Crippen LogP contribution in [0.3, 0.4) is 0 Å². The topological polar surface area (TPSA) is 40.6 Å². The second-order valence-electron chi connectivity index (χ2n) is 5.46. The first kappa shape index (κ1) is 14.8. The largest absolute Gasteiger partial charge is 0.299 e. The van der Waals surface area contributed by atoms with E-state index in [-0.39, 0.29) is 0 Å². The molecule has 2 fully saturated rings. The normalized spacial score (nSPS) is 25.6. The minimum absolute atomic E-state index is 0.364. The SMILES string of the molecule is O=S(=O)(c1cc(CCl)cs1)N1CCC(N2CCCC2)C1. The molecule has 3 heterocycles. The quantitative estimate of drug-likeness (QED) is 0.794. The number of nitrogens with zero attached hydrogens (tertiary/aromatic N) is 2. The molecule has 3 rings (SSSR count). The molecule has 2 aliphatic rings. The number of thiophene rings is 1. The number of sulfonamides is 1. The summed E-state index contributed by atoms with van der Waals surface area (Å²) in [6, 6.07) is 2.11. The third-order valence-corrected chi connectivity index (χ3v) is 7.80. The van der Waals surface area contributed by atoms with Crippen molar-refractivity contribution in [2.45, 2.75) is 35.4 Å². The third kappa shape index (κ3) is 2.76. The lowest BCUT2D eigenvalue weighted by Gasteiger charge is -2.23. The monoisotopic (exact) mass is 334 g/mol. The Morgan fingerprint density at radius 3 is 2.70 bits per heavy atom. The van der Waals surface area contributed by atoms with E-state index in [1.807, 2.05) is 5.38 Å². The fraction of sp³-hybridized carbons (Fsp3) is 0.692. The Hall–Kier alpha value is -0.140. The predicted octanol–water partition coefficient (Wildman–Crippen LogP) is 2.35. The van der Waals surface area contributed by atoms with Crippen molar-refractivity contribution in [3.05, 3.63) is 17.0 Å². The summed E-state index contributed by atoms with van der Waals surface area (Å²) < 4.78 is 27.3. The molecule has 0 amide bonds. The molecule has 1 atom stereocenters. The van der Waals surface area contributed by atoms with Crippen molar-refractivity contribution in [3.63, 3.8) is 0 Å². The molecule has 0 radical (unpaired) electrons. The van der Waals surface area contributed by atoms with E-state index >= 15 is 0 Å². The minimum atomic E-state index is -3.32. The Morgan fingerprint density at radius 1 is 1.30 bits per heavy atom. The van der Waals surface area contributed by atoms with E-state index in [0.717, 1.165) is 25.1 Å². The predicted molar refractivity (Wildman–Crippen MR) is 81.8 cm³/mol. The Bertz CT molecular complexity index is 567. The van der Waals surface area contributed by atoms with E-state index in [1.165, 1.54) is 24.2 Å². The van der Waals surface area contributed by atoms with Crippen LogP contribution >= 0.6 is 22.9 Å². The van der Waals surface area contributed by atoms with Gasteiger partial charge in [-0.1, -0.05) is 0 Å². The van der Waals surface area contributed by atoms with Gasteiger partial charge in [-0.3, -0.25) is 4.90 Å². The fourth-order valence-corrected chi connectivity index (χ4v) is 6.12. The maximum absolute atomic E-state index is 12.6. The highest BCUT2D eigenvalue weighted by molar-refractivity contribution is 7.91. The van der Waals surface area contributed by atoms with E-state index in [4.69, 9.17) is 11.6 Å². The van der Waals surface area contributed by atoms with Crippen molar-refractivity contribution >= 4 is 33.0 Å². The molecule has 0 N–H and O–H groups in total. The van der Waals surface area contributed by atoms with Crippen LogP contribution in [0.4, 0.5) is 0 Å². The minimum Gasteiger partial charge on any atom is -0.299 e. The summed E-state index contributed by atoms with van der Waals surface area (Å²) in [4.78, 5) is 2.44. The van der Waals surface area contributed by atoms with Crippen LogP contribution in [0.15, 0.2) is 15.7 Å². The molecule has 1 aromatic rings. The summed E-state index contributed by atoms with van der Waals surface area (Å²) in [5.41, 5.74) is 0.880. The molecule has 112 valence electrons. The second kappa shape index (κ2) is 5.93. The van der Waals surface area contributed by atoms with Crippen molar-refractivity contribution in [1.82, 2.24) is 9.21 Å². The molecule has 1 unspecified atom stereocenters. The first-order chi connectivity index (χ1) is 9.61. The van der Waals surface area contributed by atoms with Gasteiger partial charge in [0.25, 0.3) is 10.0 Å². The van der Waals surface area contributed by atoms with Gasteiger partial charge in [-0.15, -0.1) is 22.9 Å². The molecule has 20 heavy (non-hydrogen) atoms. The molecule has 1 aromatic heterocycles. The van der Waals surface area contributed by atoms with E-state index < -0.39 is 10.0 Å². The van der Waals surface area contributed by atoms with Gasteiger partial charge in [-0.2, -0.15) is 4.31 Å². The number of rotatable bonds is 4. The lowest BCUT2D eigenvalue weighted by Crippen LogP contribution is -2.36. The second-order valence-corrected chi connectivity index (χ2v) is 8.80. The number of halogens is 1. The van der Waals surface area contributed by atoms with Crippen molar-refractivity contribution in [2.75, 3.05) is 26.2 Å². The van der Waals surface area contributed by atoms with Gasteiger partial charge in [-0.25, -0.2) is 8.42 Å². The van der Waals surface area contributed by atoms with E-state index in [1.54, 1.807) is 10.4 Å². The lowest BCUT2D eigenvalue weighted by molar-refractivity contribution is 0.251. The van der Waals surface area contributed by atoms with Crippen molar-refractivity contribution in [3.8, 4) is 0 Å². The van der Waals surface area contributed by atoms with Crippen LogP contribution in [-0.2, 0) is 15.9 Å². The van der Waals surface area contributed by atoms with Gasteiger partial charge in [0, 0.05) is 25.0 Å². The molecule has 7 heteroatoms. The fourth-order valence-electron chi connectivity index (χ4n) is 3.02. The number of hydrogen-bond donors (Lipinski definition) is 0. The zero-order valence-electron chi connectivity index (χ0n) is 11.3.